The molecule has 0 fully saturated rings. The third-order valence-corrected chi connectivity index (χ3v) is 3.86. The largest absolute Gasteiger partial charge is 0.497 e. The lowest BCUT2D eigenvalue weighted by atomic mass is 10.1. The van der Waals surface area contributed by atoms with Gasteiger partial charge in [-0.25, -0.2) is 0 Å². The topological polar surface area (TPSA) is 62.8 Å². The molecular formula is C18H17ClN4O. The van der Waals surface area contributed by atoms with Crippen LogP contribution in [-0.4, -0.2) is 22.3 Å². The molecule has 2 N–H and O–H groups in total. The van der Waals surface area contributed by atoms with Gasteiger partial charge in [0, 0.05) is 28.2 Å². The van der Waals surface area contributed by atoms with Crippen molar-refractivity contribution in [2.24, 2.45) is 0 Å². The molecule has 0 saturated heterocycles. The smallest absolute Gasteiger partial charge is 0.120 e. The summed E-state index contributed by atoms with van der Waals surface area (Å²) in [6.45, 7) is 1.99. The number of rotatable bonds is 3. The normalized spacial score (nSPS) is 10.6. The molecule has 0 aliphatic heterocycles. The summed E-state index contributed by atoms with van der Waals surface area (Å²) in [6.07, 6.45) is 1.82. The Morgan fingerprint density at radius 2 is 2.00 bits per heavy atom. The molecule has 24 heavy (non-hydrogen) atoms. The summed E-state index contributed by atoms with van der Waals surface area (Å²) < 4.78 is 5.29. The fraction of sp³-hybridized carbons (Fsp3) is 0.111. The summed E-state index contributed by atoms with van der Waals surface area (Å²) in [5.41, 5.74) is 4.85. The van der Waals surface area contributed by atoms with Crippen molar-refractivity contribution in [2.75, 3.05) is 12.4 Å². The van der Waals surface area contributed by atoms with E-state index in [1.165, 1.54) is 0 Å². The maximum atomic E-state index is 5.29. The van der Waals surface area contributed by atoms with Gasteiger partial charge in [0.2, 0.25) is 0 Å². The number of halogens is 1. The highest BCUT2D eigenvalue weighted by atomic mass is 35.5. The third-order valence-electron chi connectivity index (χ3n) is 3.86. The van der Waals surface area contributed by atoms with Crippen molar-refractivity contribution in [3.05, 3.63) is 54.4 Å². The summed E-state index contributed by atoms with van der Waals surface area (Å²) in [7, 11) is 1.67. The molecule has 0 aliphatic rings. The van der Waals surface area contributed by atoms with E-state index in [9.17, 15) is 0 Å². The Labute approximate surface area is 145 Å². The molecule has 0 spiro atoms. The van der Waals surface area contributed by atoms with Gasteiger partial charge in [-0.15, -0.1) is 12.4 Å². The molecule has 0 bridgehead atoms. The number of aromatic nitrogens is 3. The molecule has 5 nitrogen and oxygen atoms in total. The number of nitrogens with zero attached hydrogens (tertiary/aromatic N) is 2. The summed E-state index contributed by atoms with van der Waals surface area (Å²) >= 11 is 0. The van der Waals surface area contributed by atoms with Crippen LogP contribution in [0.4, 0.5) is 11.4 Å². The third kappa shape index (κ3) is 2.74. The summed E-state index contributed by atoms with van der Waals surface area (Å²) in [4.78, 5) is 4.63. The molecule has 2 heterocycles. The van der Waals surface area contributed by atoms with Crippen LogP contribution in [0.25, 0.3) is 21.8 Å². The maximum Gasteiger partial charge on any atom is 0.120 e. The van der Waals surface area contributed by atoms with Gasteiger partial charge in [0.1, 0.15) is 5.75 Å². The van der Waals surface area contributed by atoms with Crippen molar-refractivity contribution in [3.63, 3.8) is 0 Å². The van der Waals surface area contributed by atoms with E-state index in [1.807, 2.05) is 55.6 Å². The number of hydrogen-bond donors (Lipinski definition) is 2. The van der Waals surface area contributed by atoms with Crippen LogP contribution < -0.4 is 10.1 Å². The predicted molar refractivity (Wildman–Crippen MR) is 99.7 cm³/mol. The fourth-order valence-corrected chi connectivity index (χ4v) is 2.83. The summed E-state index contributed by atoms with van der Waals surface area (Å²) in [5, 5.41) is 12.8. The molecule has 0 amide bonds. The molecule has 2 aromatic carbocycles. The molecule has 0 radical (unpaired) electrons. The first-order valence-electron chi connectivity index (χ1n) is 7.39. The van der Waals surface area contributed by atoms with Gasteiger partial charge < -0.3 is 10.1 Å². The highest BCUT2D eigenvalue weighted by Crippen LogP contribution is 2.32. The number of nitrogens with one attached hydrogen (secondary N) is 2. The number of benzene rings is 2. The van der Waals surface area contributed by atoms with E-state index < -0.39 is 0 Å². The van der Waals surface area contributed by atoms with Crippen molar-refractivity contribution in [2.45, 2.75) is 6.92 Å². The Morgan fingerprint density at radius 1 is 1.12 bits per heavy atom. The molecule has 6 heteroatoms. The van der Waals surface area contributed by atoms with Crippen LogP contribution in [0, 0.1) is 6.92 Å². The monoisotopic (exact) mass is 340 g/mol. The van der Waals surface area contributed by atoms with Gasteiger partial charge >= 0.3 is 0 Å². The van der Waals surface area contributed by atoms with Crippen molar-refractivity contribution in [3.8, 4) is 5.75 Å². The van der Waals surface area contributed by atoms with Crippen molar-refractivity contribution in [1.29, 1.82) is 0 Å². The number of aromatic amines is 1. The van der Waals surface area contributed by atoms with Gasteiger partial charge in [-0.2, -0.15) is 5.10 Å². The lowest BCUT2D eigenvalue weighted by molar-refractivity contribution is 0.415. The molecule has 4 aromatic rings. The lowest BCUT2D eigenvalue weighted by Gasteiger charge is -2.12. The Morgan fingerprint density at radius 3 is 2.83 bits per heavy atom. The Hall–Kier alpha value is -2.79. The predicted octanol–water partition coefficient (Wildman–Crippen LogP) is 4.59. The lowest BCUT2D eigenvalue weighted by Crippen LogP contribution is -1.96. The Balaban J connectivity index is 0.00000169. The molecule has 4 rings (SSSR count). The van der Waals surface area contributed by atoms with Crippen molar-refractivity contribution >= 4 is 45.6 Å². The van der Waals surface area contributed by atoms with Gasteiger partial charge in [-0.05, 0) is 37.3 Å². The second kappa shape index (κ2) is 6.37. The quantitative estimate of drug-likeness (QED) is 0.572. The highest BCUT2D eigenvalue weighted by molar-refractivity contribution is 6.10. The first kappa shape index (κ1) is 16.1. The standard InChI is InChI=1S/C18H16N4O.ClH/c1-11-8-16(21-13-4-3-5-14(9-13)23-2)17-15(20-11)7-6-12-10-19-22-18(12)17;/h3-10H,1-2H3,(H,19,22)(H,20,21);1H. The number of hydrogen-bond acceptors (Lipinski definition) is 4. The van der Waals surface area contributed by atoms with E-state index in [1.54, 1.807) is 7.11 Å². The van der Waals surface area contributed by atoms with E-state index in [2.05, 4.69) is 20.5 Å². The van der Waals surface area contributed by atoms with E-state index in [0.717, 1.165) is 44.6 Å². The van der Waals surface area contributed by atoms with Crippen LogP contribution in [0.15, 0.2) is 48.7 Å². The SMILES string of the molecule is COc1cccc(Nc2cc(C)nc3ccc4cn[nH]c4c23)c1.Cl. The zero-order valence-electron chi connectivity index (χ0n) is 13.3. The van der Waals surface area contributed by atoms with Gasteiger partial charge in [0.25, 0.3) is 0 Å². The van der Waals surface area contributed by atoms with Crippen LogP contribution >= 0.6 is 12.4 Å². The minimum absolute atomic E-state index is 0. The number of ether oxygens (including phenoxy) is 1. The molecule has 0 aliphatic carbocycles. The first-order valence-corrected chi connectivity index (χ1v) is 7.39. The van der Waals surface area contributed by atoms with Crippen molar-refractivity contribution in [1.82, 2.24) is 15.2 Å². The van der Waals surface area contributed by atoms with Crippen molar-refractivity contribution < 1.29 is 4.74 Å². The molecule has 0 unspecified atom stereocenters. The van der Waals surface area contributed by atoms with E-state index in [-0.39, 0.29) is 12.4 Å². The summed E-state index contributed by atoms with van der Waals surface area (Å²) in [6, 6.07) is 14.0. The van der Waals surface area contributed by atoms with Crippen LogP contribution in [-0.2, 0) is 0 Å². The zero-order valence-corrected chi connectivity index (χ0v) is 14.1. The van der Waals surface area contributed by atoms with Crippen LogP contribution in [0.1, 0.15) is 5.69 Å². The van der Waals surface area contributed by atoms with Crippen LogP contribution in [0.5, 0.6) is 5.75 Å². The number of anilines is 2. The average molecular weight is 341 g/mol. The summed E-state index contributed by atoms with van der Waals surface area (Å²) in [5.74, 6) is 0.816. The number of H-pyrrole nitrogens is 1. The maximum absolute atomic E-state index is 5.29. The molecule has 0 saturated carbocycles. The first-order chi connectivity index (χ1) is 11.2. The number of methoxy groups -OCH3 is 1. The van der Waals surface area contributed by atoms with Gasteiger partial charge in [0.15, 0.2) is 0 Å². The zero-order chi connectivity index (χ0) is 15.8. The van der Waals surface area contributed by atoms with E-state index in [0.29, 0.717) is 0 Å². The van der Waals surface area contributed by atoms with E-state index >= 15 is 0 Å². The van der Waals surface area contributed by atoms with Gasteiger partial charge in [-0.3, -0.25) is 10.1 Å². The Kier molecular flexibility index (Phi) is 4.27. The van der Waals surface area contributed by atoms with Gasteiger partial charge in [0.05, 0.1) is 30.0 Å². The van der Waals surface area contributed by atoms with E-state index in [4.69, 9.17) is 4.74 Å². The van der Waals surface area contributed by atoms with Crippen LogP contribution in [0.2, 0.25) is 0 Å². The minimum atomic E-state index is 0. The number of aryl methyl sites for hydroxylation is 1. The van der Waals surface area contributed by atoms with Gasteiger partial charge in [-0.1, -0.05) is 6.07 Å². The second-order valence-corrected chi connectivity index (χ2v) is 5.46. The van der Waals surface area contributed by atoms with Crippen LogP contribution in [0.3, 0.4) is 0 Å². The molecular weight excluding hydrogens is 324 g/mol. The number of pyridine rings is 1. The fourth-order valence-electron chi connectivity index (χ4n) is 2.83. The second-order valence-electron chi connectivity index (χ2n) is 5.46. The average Bonchev–Trinajstić information content (AvgIpc) is 3.03. The highest BCUT2D eigenvalue weighted by Gasteiger charge is 2.10. The minimum Gasteiger partial charge on any atom is -0.497 e. The molecule has 0 atom stereocenters. The molecule has 122 valence electrons. The number of fused-ring (bicyclic) bond motifs is 3. The Bertz CT molecular complexity index is 1010. The molecule has 2 aromatic heterocycles.